The smallest absolute Gasteiger partial charge is 0.408 e. The number of hydrogen-bond donors (Lipinski definition) is 2. The van der Waals surface area contributed by atoms with Crippen molar-refractivity contribution in [3.63, 3.8) is 0 Å². The molecular formula is C26H44N2O4S. The molecule has 6 nitrogen and oxygen atoms in total. The minimum absolute atomic E-state index is 0.109. The average Bonchev–Trinajstić information content (AvgIpc) is 2.67. The fraction of sp³-hybridized carbons (Fsp3) is 0.654. The van der Waals surface area contributed by atoms with Crippen LogP contribution in [0.2, 0.25) is 0 Å². The maximum Gasteiger partial charge on any atom is 0.408 e. The average molecular weight is 481 g/mol. The number of amides is 2. The predicted molar refractivity (Wildman–Crippen MR) is 140 cm³/mol. The van der Waals surface area contributed by atoms with Crippen LogP contribution >= 0.6 is 11.8 Å². The second-order valence-corrected chi connectivity index (χ2v) is 10.7. The molecule has 0 aliphatic rings. The van der Waals surface area contributed by atoms with Gasteiger partial charge in [-0.1, -0.05) is 34.9 Å². The molecular weight excluding hydrogens is 436 g/mol. The van der Waals surface area contributed by atoms with Gasteiger partial charge in [0.2, 0.25) is 5.91 Å². The first-order valence-electron chi connectivity index (χ1n) is 11.6. The zero-order valence-electron chi connectivity index (χ0n) is 21.8. The third kappa shape index (κ3) is 19.2. The van der Waals surface area contributed by atoms with E-state index >= 15 is 0 Å². The van der Waals surface area contributed by atoms with E-state index in [4.69, 9.17) is 4.74 Å². The van der Waals surface area contributed by atoms with Crippen molar-refractivity contribution < 1.29 is 19.1 Å². The highest BCUT2D eigenvalue weighted by Crippen LogP contribution is 2.13. The summed E-state index contributed by atoms with van der Waals surface area (Å²) in [4.78, 5) is 35.6. The van der Waals surface area contributed by atoms with Crippen LogP contribution in [0.4, 0.5) is 4.79 Å². The molecule has 1 atom stereocenters. The molecule has 0 unspecified atom stereocenters. The maximum atomic E-state index is 12.1. The minimum atomic E-state index is -0.662. The van der Waals surface area contributed by atoms with E-state index in [9.17, 15) is 14.4 Å². The predicted octanol–water partition coefficient (Wildman–Crippen LogP) is 5.74. The number of thioether (sulfide) groups is 1. The third-order valence-corrected chi connectivity index (χ3v) is 5.55. The summed E-state index contributed by atoms with van der Waals surface area (Å²) in [6.07, 6.45) is 10.4. The quantitative estimate of drug-likeness (QED) is 0.245. The minimum Gasteiger partial charge on any atom is -0.444 e. The van der Waals surface area contributed by atoms with Gasteiger partial charge in [0.05, 0.1) is 6.04 Å². The number of Topliss-reactive ketones (excluding diaryl/α,β-unsaturated/α-hetero) is 1. The number of alkyl carbamates (subject to hydrolysis) is 1. The summed E-state index contributed by atoms with van der Waals surface area (Å²) in [5.41, 5.74) is 3.48. The number of rotatable bonds is 14. The van der Waals surface area contributed by atoms with Crippen molar-refractivity contribution in [2.45, 2.75) is 92.7 Å². The van der Waals surface area contributed by atoms with Gasteiger partial charge in [-0.2, -0.15) is 11.8 Å². The molecule has 7 heteroatoms. The third-order valence-electron chi connectivity index (χ3n) is 4.58. The molecule has 0 radical (unpaired) electrons. The van der Waals surface area contributed by atoms with Crippen molar-refractivity contribution in [3.05, 3.63) is 34.9 Å². The van der Waals surface area contributed by atoms with Crippen LogP contribution in [-0.2, 0) is 14.3 Å². The van der Waals surface area contributed by atoms with E-state index in [1.807, 2.05) is 0 Å². The Morgan fingerprint density at radius 3 is 2.03 bits per heavy atom. The Kier molecular flexibility index (Phi) is 15.6. The van der Waals surface area contributed by atoms with Crippen molar-refractivity contribution in [2.24, 2.45) is 0 Å². The Bertz CT molecular complexity index is 729. The van der Waals surface area contributed by atoms with E-state index in [1.54, 1.807) is 32.5 Å². The molecule has 2 N–H and O–H groups in total. The normalized spacial score (nSPS) is 13.2. The summed E-state index contributed by atoms with van der Waals surface area (Å²) >= 11 is 1.60. The van der Waals surface area contributed by atoms with E-state index in [0.717, 1.165) is 31.4 Å². The number of ether oxygens (including phenoxy) is 1. The number of nitrogens with one attached hydrogen (secondary N) is 2. The zero-order chi connectivity index (χ0) is 25.4. The highest BCUT2D eigenvalue weighted by molar-refractivity contribution is 7.99. The van der Waals surface area contributed by atoms with E-state index < -0.39 is 23.6 Å². The summed E-state index contributed by atoms with van der Waals surface area (Å²) in [6.45, 7) is 15.0. The first kappa shape index (κ1) is 31.0. The summed E-state index contributed by atoms with van der Waals surface area (Å²) in [6, 6.07) is -0.581. The molecule has 2 amide bonds. The van der Waals surface area contributed by atoms with Gasteiger partial charge >= 0.3 is 6.09 Å². The lowest BCUT2D eigenvalue weighted by Gasteiger charge is -2.20. The Hall–Kier alpha value is -2.02. The molecule has 0 rings (SSSR count). The standard InChI is InChI=1S/C26H44N2O4S/c1-19(2)11-9-12-20(3)13-10-14-21(4)15-16-33-18-23(22(5)29)28-24(30)17-27-25(31)32-26(6,7)8/h11,13,15,23H,9-10,12,14,16-18H2,1-8H3,(H,27,31)(H,28,30)/b20-13+,21-15+/t23-/m0/s1. The van der Waals surface area contributed by atoms with Gasteiger partial charge in [-0.15, -0.1) is 0 Å². The van der Waals surface area contributed by atoms with Crippen LogP contribution in [0.3, 0.4) is 0 Å². The molecule has 0 aliphatic carbocycles. The van der Waals surface area contributed by atoms with Gasteiger partial charge in [-0.25, -0.2) is 4.79 Å². The van der Waals surface area contributed by atoms with Crippen LogP contribution in [0.1, 0.15) is 81.1 Å². The molecule has 0 aromatic rings. The topological polar surface area (TPSA) is 84.5 Å². The fourth-order valence-corrected chi connectivity index (χ4v) is 3.79. The maximum absolute atomic E-state index is 12.1. The molecule has 0 aromatic heterocycles. The molecule has 0 heterocycles. The zero-order valence-corrected chi connectivity index (χ0v) is 22.6. The van der Waals surface area contributed by atoms with E-state index in [0.29, 0.717) is 5.75 Å². The summed E-state index contributed by atoms with van der Waals surface area (Å²) in [5, 5.41) is 5.08. The van der Waals surface area contributed by atoms with E-state index in [2.05, 4.69) is 56.6 Å². The number of hydrogen-bond acceptors (Lipinski definition) is 5. The first-order valence-corrected chi connectivity index (χ1v) is 12.7. The number of carbonyl (C=O) groups is 3. The highest BCUT2D eigenvalue weighted by Gasteiger charge is 2.19. The lowest BCUT2D eigenvalue weighted by Crippen LogP contribution is -2.46. The fourth-order valence-electron chi connectivity index (χ4n) is 2.70. The van der Waals surface area contributed by atoms with Gasteiger partial charge in [0, 0.05) is 11.5 Å². The van der Waals surface area contributed by atoms with E-state index in [-0.39, 0.29) is 12.3 Å². The van der Waals surface area contributed by atoms with Crippen LogP contribution in [0.5, 0.6) is 0 Å². The van der Waals surface area contributed by atoms with Crippen LogP contribution < -0.4 is 10.6 Å². The van der Waals surface area contributed by atoms with Gasteiger partial charge < -0.3 is 15.4 Å². The first-order chi connectivity index (χ1) is 15.3. The number of carbonyl (C=O) groups excluding carboxylic acids is 3. The molecule has 0 aromatic carbocycles. The molecule has 0 saturated heterocycles. The number of ketones is 1. The van der Waals surface area contributed by atoms with Gasteiger partial charge in [0.1, 0.15) is 12.1 Å². The van der Waals surface area contributed by atoms with Crippen molar-refractivity contribution in [2.75, 3.05) is 18.1 Å². The van der Waals surface area contributed by atoms with Crippen LogP contribution in [-0.4, -0.2) is 47.5 Å². The lowest BCUT2D eigenvalue weighted by atomic mass is 10.1. The number of allylic oxidation sites excluding steroid dienone is 5. The Morgan fingerprint density at radius 1 is 0.909 bits per heavy atom. The van der Waals surface area contributed by atoms with Crippen molar-refractivity contribution >= 4 is 29.5 Å². The molecule has 0 bridgehead atoms. The summed E-state index contributed by atoms with van der Waals surface area (Å²) in [5.74, 6) is 0.744. The summed E-state index contributed by atoms with van der Waals surface area (Å²) < 4.78 is 5.10. The second kappa shape index (κ2) is 16.6. The summed E-state index contributed by atoms with van der Waals surface area (Å²) in [7, 11) is 0. The van der Waals surface area contributed by atoms with Crippen molar-refractivity contribution in [1.82, 2.24) is 10.6 Å². The highest BCUT2D eigenvalue weighted by atomic mass is 32.2. The monoisotopic (exact) mass is 480 g/mol. The van der Waals surface area contributed by atoms with Crippen LogP contribution in [0.15, 0.2) is 34.9 Å². The molecule has 33 heavy (non-hydrogen) atoms. The van der Waals surface area contributed by atoms with Crippen molar-refractivity contribution in [3.8, 4) is 0 Å². The molecule has 0 aliphatic heterocycles. The lowest BCUT2D eigenvalue weighted by molar-refractivity contribution is -0.125. The Morgan fingerprint density at radius 2 is 1.48 bits per heavy atom. The van der Waals surface area contributed by atoms with Crippen LogP contribution in [0.25, 0.3) is 0 Å². The Labute approximate surface area is 205 Å². The van der Waals surface area contributed by atoms with Gasteiger partial charge in [-0.05, 0) is 81.1 Å². The van der Waals surface area contributed by atoms with Crippen molar-refractivity contribution in [1.29, 1.82) is 0 Å². The molecule has 0 fully saturated rings. The Balaban J connectivity index is 4.30. The van der Waals surface area contributed by atoms with Crippen LogP contribution in [0, 0.1) is 0 Å². The second-order valence-electron chi connectivity index (χ2n) is 9.58. The van der Waals surface area contributed by atoms with E-state index in [1.165, 1.54) is 23.6 Å². The van der Waals surface area contributed by atoms with Gasteiger partial charge in [-0.3, -0.25) is 9.59 Å². The SMILES string of the molecule is CC(=O)[C@H](CSC/C=C(\C)CC/C=C(\C)CCC=C(C)C)NC(=O)CNC(=O)OC(C)(C)C. The molecule has 0 saturated carbocycles. The van der Waals surface area contributed by atoms with Gasteiger partial charge in [0.15, 0.2) is 5.78 Å². The molecule has 188 valence electrons. The molecule has 0 spiro atoms. The van der Waals surface area contributed by atoms with Gasteiger partial charge in [0.25, 0.3) is 0 Å². The largest absolute Gasteiger partial charge is 0.444 e.